The van der Waals surface area contributed by atoms with Crippen LogP contribution < -0.4 is 5.32 Å². The Morgan fingerprint density at radius 1 is 1.32 bits per heavy atom. The van der Waals surface area contributed by atoms with E-state index in [1.54, 1.807) is 0 Å². The highest BCUT2D eigenvalue weighted by molar-refractivity contribution is 5.93. The highest BCUT2D eigenvalue weighted by Gasteiger charge is 2.37. The van der Waals surface area contributed by atoms with Crippen molar-refractivity contribution in [3.8, 4) is 0 Å². The molecule has 118 valence electrons. The molecule has 1 fully saturated rings. The Labute approximate surface area is 130 Å². The van der Waals surface area contributed by atoms with E-state index in [4.69, 9.17) is 0 Å². The third-order valence-electron chi connectivity index (χ3n) is 4.05. The van der Waals surface area contributed by atoms with E-state index in [2.05, 4.69) is 10.1 Å². The van der Waals surface area contributed by atoms with E-state index in [1.807, 2.05) is 30.3 Å². The largest absolute Gasteiger partial charge is 0.469 e. The summed E-state index contributed by atoms with van der Waals surface area (Å²) in [6.45, 7) is 0.218. The molecule has 1 aliphatic rings. The number of Topliss-reactive ketones (excluding diaryl/α,β-unsaturated/α-hetero) is 1. The van der Waals surface area contributed by atoms with Gasteiger partial charge in [0, 0.05) is 18.9 Å². The summed E-state index contributed by atoms with van der Waals surface area (Å²) in [5.41, 5.74) is 0.846. The highest BCUT2D eigenvalue weighted by atomic mass is 16.5. The maximum atomic E-state index is 12.5. The van der Waals surface area contributed by atoms with Gasteiger partial charge in [-0.2, -0.15) is 0 Å². The summed E-state index contributed by atoms with van der Waals surface area (Å²) in [6.07, 6.45) is 2.25. The van der Waals surface area contributed by atoms with E-state index >= 15 is 0 Å². The van der Waals surface area contributed by atoms with E-state index in [0.29, 0.717) is 6.42 Å². The summed E-state index contributed by atoms with van der Waals surface area (Å²) in [5, 5.41) is 2.75. The van der Waals surface area contributed by atoms with Crippen molar-refractivity contribution < 1.29 is 19.1 Å². The van der Waals surface area contributed by atoms with Gasteiger partial charge in [0.15, 0.2) is 0 Å². The monoisotopic (exact) mass is 303 g/mol. The fourth-order valence-corrected chi connectivity index (χ4v) is 2.92. The van der Waals surface area contributed by atoms with Gasteiger partial charge in [0.1, 0.15) is 5.78 Å². The standard InChI is InChI=1S/C17H21NO4/c1-22-15(20)10-11-18-17(21)16(12-6-3-2-4-7-12)13-8-5-9-14(13)19/h2-4,6-7,13,16H,5,8-11H2,1H3,(H,18,21). The normalized spacial score (nSPS) is 18.8. The van der Waals surface area contributed by atoms with Gasteiger partial charge in [-0.05, 0) is 18.4 Å². The molecule has 0 spiro atoms. The van der Waals surface area contributed by atoms with Crippen LogP contribution in [-0.4, -0.2) is 31.3 Å². The molecule has 1 aromatic rings. The van der Waals surface area contributed by atoms with E-state index in [9.17, 15) is 14.4 Å². The lowest BCUT2D eigenvalue weighted by molar-refractivity contribution is -0.140. The number of carbonyl (C=O) groups excluding carboxylic acids is 3. The van der Waals surface area contributed by atoms with Crippen LogP contribution in [0.5, 0.6) is 0 Å². The number of carbonyl (C=O) groups is 3. The SMILES string of the molecule is COC(=O)CCNC(=O)C(c1ccccc1)C1CCCC1=O. The summed E-state index contributed by atoms with van der Waals surface area (Å²) in [4.78, 5) is 35.7. The van der Waals surface area contributed by atoms with Crippen LogP contribution in [0.2, 0.25) is 0 Å². The summed E-state index contributed by atoms with van der Waals surface area (Å²) in [5.74, 6) is -1.16. The number of amides is 1. The fraction of sp³-hybridized carbons (Fsp3) is 0.471. The number of esters is 1. The molecule has 2 unspecified atom stereocenters. The number of hydrogen-bond acceptors (Lipinski definition) is 4. The quantitative estimate of drug-likeness (QED) is 0.814. The molecule has 0 radical (unpaired) electrons. The predicted octanol–water partition coefficient (Wildman–Crippen LogP) is 1.82. The Morgan fingerprint density at radius 2 is 2.05 bits per heavy atom. The first-order valence-corrected chi connectivity index (χ1v) is 7.55. The minimum absolute atomic E-state index is 0.127. The smallest absolute Gasteiger partial charge is 0.307 e. The Hall–Kier alpha value is -2.17. The average molecular weight is 303 g/mol. The molecule has 0 heterocycles. The Morgan fingerprint density at radius 3 is 2.64 bits per heavy atom. The van der Waals surface area contributed by atoms with Crippen LogP contribution in [0, 0.1) is 5.92 Å². The third-order valence-corrected chi connectivity index (χ3v) is 4.05. The molecule has 0 aromatic heterocycles. The molecule has 22 heavy (non-hydrogen) atoms. The van der Waals surface area contributed by atoms with Gasteiger partial charge in [-0.3, -0.25) is 14.4 Å². The van der Waals surface area contributed by atoms with Crippen molar-refractivity contribution in [1.82, 2.24) is 5.32 Å². The van der Waals surface area contributed by atoms with Gasteiger partial charge in [0.2, 0.25) is 5.91 Å². The second-order valence-electron chi connectivity index (χ2n) is 5.47. The molecule has 1 aromatic carbocycles. The molecule has 5 nitrogen and oxygen atoms in total. The molecule has 1 N–H and O–H groups in total. The van der Waals surface area contributed by atoms with Gasteiger partial charge in [0.25, 0.3) is 0 Å². The molecule has 0 saturated heterocycles. The number of ether oxygens (including phenoxy) is 1. The molecule has 1 amide bonds. The second-order valence-corrected chi connectivity index (χ2v) is 5.47. The minimum Gasteiger partial charge on any atom is -0.469 e. The summed E-state index contributed by atoms with van der Waals surface area (Å²) >= 11 is 0. The Balaban J connectivity index is 2.09. The van der Waals surface area contributed by atoms with E-state index in [-0.39, 0.29) is 36.5 Å². The highest BCUT2D eigenvalue weighted by Crippen LogP contribution is 2.35. The topological polar surface area (TPSA) is 72.5 Å². The molecule has 5 heteroatoms. The predicted molar refractivity (Wildman–Crippen MR) is 81.2 cm³/mol. The van der Waals surface area contributed by atoms with Crippen molar-refractivity contribution in [2.24, 2.45) is 5.92 Å². The van der Waals surface area contributed by atoms with Crippen LogP contribution in [0.3, 0.4) is 0 Å². The lowest BCUT2D eigenvalue weighted by Crippen LogP contribution is -2.36. The number of benzene rings is 1. The lowest BCUT2D eigenvalue weighted by atomic mass is 9.83. The van der Waals surface area contributed by atoms with Crippen LogP contribution in [0.25, 0.3) is 0 Å². The first-order chi connectivity index (χ1) is 10.6. The third kappa shape index (κ3) is 3.93. The van der Waals surface area contributed by atoms with Crippen molar-refractivity contribution >= 4 is 17.7 Å². The summed E-state index contributed by atoms with van der Waals surface area (Å²) < 4.78 is 4.55. The number of rotatable bonds is 6. The zero-order chi connectivity index (χ0) is 15.9. The Kier molecular flexibility index (Phi) is 5.69. The molecule has 0 bridgehead atoms. The van der Waals surface area contributed by atoms with Gasteiger partial charge >= 0.3 is 5.97 Å². The molecule has 1 aliphatic carbocycles. The van der Waals surface area contributed by atoms with Crippen molar-refractivity contribution in [2.75, 3.05) is 13.7 Å². The van der Waals surface area contributed by atoms with Gasteiger partial charge < -0.3 is 10.1 Å². The Bertz CT molecular complexity index is 541. The number of hydrogen-bond donors (Lipinski definition) is 1. The minimum atomic E-state index is -0.478. The second kappa shape index (κ2) is 7.73. The van der Waals surface area contributed by atoms with E-state index in [1.165, 1.54) is 7.11 Å². The van der Waals surface area contributed by atoms with Gasteiger partial charge in [-0.1, -0.05) is 30.3 Å². The molecule has 1 saturated carbocycles. The van der Waals surface area contributed by atoms with Crippen molar-refractivity contribution in [3.05, 3.63) is 35.9 Å². The van der Waals surface area contributed by atoms with E-state index < -0.39 is 5.92 Å². The number of nitrogens with one attached hydrogen (secondary N) is 1. The molecular formula is C17H21NO4. The van der Waals surface area contributed by atoms with Crippen molar-refractivity contribution in [2.45, 2.75) is 31.6 Å². The number of methoxy groups -OCH3 is 1. The van der Waals surface area contributed by atoms with Gasteiger partial charge in [0.05, 0.1) is 19.4 Å². The van der Waals surface area contributed by atoms with Crippen molar-refractivity contribution in [1.29, 1.82) is 0 Å². The first kappa shape index (κ1) is 16.2. The molecule has 2 rings (SSSR count). The maximum absolute atomic E-state index is 12.5. The van der Waals surface area contributed by atoms with Crippen molar-refractivity contribution in [3.63, 3.8) is 0 Å². The molecular weight excluding hydrogens is 282 g/mol. The van der Waals surface area contributed by atoms with Crippen LogP contribution in [0.15, 0.2) is 30.3 Å². The zero-order valence-electron chi connectivity index (χ0n) is 12.7. The van der Waals surface area contributed by atoms with Crippen LogP contribution in [0.1, 0.15) is 37.2 Å². The van der Waals surface area contributed by atoms with Gasteiger partial charge in [-0.25, -0.2) is 0 Å². The average Bonchev–Trinajstić information content (AvgIpc) is 2.94. The maximum Gasteiger partial charge on any atom is 0.307 e. The summed E-state index contributed by atoms with van der Waals surface area (Å²) in [6, 6.07) is 9.35. The molecule has 2 atom stereocenters. The first-order valence-electron chi connectivity index (χ1n) is 7.55. The number of ketones is 1. The molecule has 0 aliphatic heterocycles. The van der Waals surface area contributed by atoms with E-state index in [0.717, 1.165) is 18.4 Å². The van der Waals surface area contributed by atoms with Crippen LogP contribution >= 0.6 is 0 Å². The van der Waals surface area contributed by atoms with Crippen LogP contribution in [-0.2, 0) is 19.1 Å². The lowest BCUT2D eigenvalue weighted by Gasteiger charge is -2.22. The zero-order valence-corrected chi connectivity index (χ0v) is 12.7. The van der Waals surface area contributed by atoms with Gasteiger partial charge in [-0.15, -0.1) is 0 Å². The van der Waals surface area contributed by atoms with Crippen LogP contribution in [0.4, 0.5) is 0 Å². The fourth-order valence-electron chi connectivity index (χ4n) is 2.92. The summed E-state index contributed by atoms with van der Waals surface area (Å²) in [7, 11) is 1.31.